The number of ether oxygens (including phenoxy) is 1. The van der Waals surface area contributed by atoms with Gasteiger partial charge in [0.15, 0.2) is 0 Å². The third-order valence-corrected chi connectivity index (χ3v) is 3.44. The van der Waals surface area contributed by atoms with Crippen molar-refractivity contribution in [2.75, 3.05) is 20.2 Å². The minimum atomic E-state index is -0.216. The zero-order valence-corrected chi connectivity index (χ0v) is 11.2. The number of amidine groups is 1. The molecule has 1 aromatic carbocycles. The summed E-state index contributed by atoms with van der Waals surface area (Å²) < 4.78 is 5.27. The molecule has 1 atom stereocenters. The summed E-state index contributed by atoms with van der Waals surface area (Å²) in [5.74, 6) is 0.638. The number of nitrogen functional groups attached to an aromatic ring is 1. The summed E-state index contributed by atoms with van der Waals surface area (Å²) >= 11 is 0. The van der Waals surface area contributed by atoms with E-state index in [0.29, 0.717) is 11.3 Å². The Hall–Kier alpha value is -1.59. The molecule has 0 aromatic heterocycles. The van der Waals surface area contributed by atoms with E-state index in [1.54, 1.807) is 7.11 Å². The second-order valence-corrected chi connectivity index (χ2v) is 4.98. The van der Waals surface area contributed by atoms with Gasteiger partial charge in [0.1, 0.15) is 11.6 Å². The quantitative estimate of drug-likeness (QED) is 0.557. The molecule has 1 aromatic rings. The third kappa shape index (κ3) is 3.45. The van der Waals surface area contributed by atoms with Gasteiger partial charge in [-0.05, 0) is 37.1 Å². The maximum atomic E-state index is 9.66. The van der Waals surface area contributed by atoms with Crippen molar-refractivity contribution in [1.29, 1.82) is 5.41 Å². The first kappa shape index (κ1) is 13.8. The van der Waals surface area contributed by atoms with Crippen molar-refractivity contribution >= 4 is 5.84 Å². The van der Waals surface area contributed by atoms with Gasteiger partial charge >= 0.3 is 0 Å². The summed E-state index contributed by atoms with van der Waals surface area (Å²) in [5.41, 5.74) is 7.23. The zero-order valence-electron chi connectivity index (χ0n) is 11.2. The molecule has 2 rings (SSSR count). The van der Waals surface area contributed by atoms with Crippen molar-refractivity contribution in [3.05, 3.63) is 29.3 Å². The van der Waals surface area contributed by atoms with Crippen molar-refractivity contribution in [1.82, 2.24) is 4.90 Å². The molecule has 5 nitrogen and oxygen atoms in total. The Bertz CT molecular complexity index is 462. The number of methoxy groups -OCH3 is 1. The van der Waals surface area contributed by atoms with Gasteiger partial charge in [-0.3, -0.25) is 10.3 Å². The Kier molecular flexibility index (Phi) is 4.39. The lowest BCUT2D eigenvalue weighted by Gasteiger charge is -2.30. The largest absolute Gasteiger partial charge is 0.496 e. The van der Waals surface area contributed by atoms with Crippen molar-refractivity contribution < 1.29 is 9.84 Å². The number of benzene rings is 1. The second kappa shape index (κ2) is 6.04. The normalized spacial score (nSPS) is 20.2. The predicted molar refractivity (Wildman–Crippen MR) is 74.5 cm³/mol. The van der Waals surface area contributed by atoms with Crippen molar-refractivity contribution in [2.24, 2.45) is 5.73 Å². The van der Waals surface area contributed by atoms with Gasteiger partial charge < -0.3 is 15.6 Å². The van der Waals surface area contributed by atoms with Gasteiger partial charge in [0, 0.05) is 13.1 Å². The van der Waals surface area contributed by atoms with Crippen molar-refractivity contribution in [3.8, 4) is 5.75 Å². The molecule has 0 aliphatic carbocycles. The average Bonchev–Trinajstić information content (AvgIpc) is 2.38. The molecule has 1 aliphatic heterocycles. The van der Waals surface area contributed by atoms with Crippen LogP contribution in [-0.2, 0) is 6.54 Å². The molecule has 0 bridgehead atoms. The van der Waals surface area contributed by atoms with Crippen LogP contribution in [0.15, 0.2) is 18.2 Å². The molecule has 1 fully saturated rings. The van der Waals surface area contributed by atoms with Crippen LogP contribution in [0.1, 0.15) is 24.0 Å². The Morgan fingerprint density at radius 1 is 1.58 bits per heavy atom. The van der Waals surface area contributed by atoms with Crippen LogP contribution >= 0.6 is 0 Å². The standard InChI is InChI=1S/C14H21N3O2/c1-19-13-7-10(4-5-12(13)14(15)16)8-17-6-2-3-11(18)9-17/h4-5,7,11,18H,2-3,6,8-9H2,1H3,(H3,15,16). The van der Waals surface area contributed by atoms with E-state index in [0.717, 1.165) is 38.0 Å². The van der Waals surface area contributed by atoms with Gasteiger partial charge in [0.05, 0.1) is 18.8 Å². The van der Waals surface area contributed by atoms with Gasteiger partial charge in [0.2, 0.25) is 0 Å². The van der Waals surface area contributed by atoms with E-state index in [1.165, 1.54) is 0 Å². The van der Waals surface area contributed by atoms with Gasteiger partial charge in [0.25, 0.3) is 0 Å². The summed E-state index contributed by atoms with van der Waals surface area (Å²) in [4.78, 5) is 2.23. The Morgan fingerprint density at radius 2 is 2.37 bits per heavy atom. The molecular weight excluding hydrogens is 242 g/mol. The number of nitrogens with zero attached hydrogens (tertiary/aromatic N) is 1. The number of piperidine rings is 1. The molecule has 4 N–H and O–H groups in total. The topological polar surface area (TPSA) is 82.6 Å². The fourth-order valence-corrected chi connectivity index (χ4v) is 2.49. The number of likely N-dealkylation sites (tertiary alicyclic amines) is 1. The van der Waals surface area contributed by atoms with E-state index < -0.39 is 0 Å². The minimum absolute atomic E-state index is 0.0109. The monoisotopic (exact) mass is 263 g/mol. The first-order valence-electron chi connectivity index (χ1n) is 6.52. The molecule has 104 valence electrons. The van der Waals surface area contributed by atoms with Crippen LogP contribution in [-0.4, -0.2) is 42.1 Å². The highest BCUT2D eigenvalue weighted by Crippen LogP contribution is 2.21. The van der Waals surface area contributed by atoms with Crippen LogP contribution in [0.25, 0.3) is 0 Å². The third-order valence-electron chi connectivity index (χ3n) is 3.44. The van der Waals surface area contributed by atoms with Gasteiger partial charge in [-0.2, -0.15) is 0 Å². The van der Waals surface area contributed by atoms with Crippen LogP contribution < -0.4 is 10.5 Å². The maximum absolute atomic E-state index is 9.66. The first-order chi connectivity index (χ1) is 9.10. The SMILES string of the molecule is COc1cc(CN2CCCC(O)C2)ccc1C(=N)N. The first-order valence-corrected chi connectivity index (χ1v) is 6.52. The summed E-state index contributed by atoms with van der Waals surface area (Å²) in [6.07, 6.45) is 1.71. The smallest absolute Gasteiger partial charge is 0.130 e. The molecule has 19 heavy (non-hydrogen) atoms. The van der Waals surface area contributed by atoms with Crippen LogP contribution in [0.5, 0.6) is 5.75 Å². The van der Waals surface area contributed by atoms with E-state index in [9.17, 15) is 5.11 Å². The van der Waals surface area contributed by atoms with E-state index in [1.807, 2.05) is 18.2 Å². The molecule has 0 spiro atoms. The average molecular weight is 263 g/mol. The van der Waals surface area contributed by atoms with Crippen molar-refractivity contribution in [3.63, 3.8) is 0 Å². The molecule has 0 radical (unpaired) electrons. The fourth-order valence-electron chi connectivity index (χ4n) is 2.49. The highest BCUT2D eigenvalue weighted by atomic mass is 16.5. The predicted octanol–water partition coefficient (Wildman–Crippen LogP) is 0.936. The van der Waals surface area contributed by atoms with Crippen LogP contribution in [0.4, 0.5) is 0 Å². The lowest BCUT2D eigenvalue weighted by molar-refractivity contribution is 0.0668. The highest BCUT2D eigenvalue weighted by molar-refractivity contribution is 5.97. The summed E-state index contributed by atoms with van der Waals surface area (Å²) in [7, 11) is 1.58. The van der Waals surface area contributed by atoms with Crippen LogP contribution in [0.2, 0.25) is 0 Å². The number of aliphatic hydroxyl groups is 1. The van der Waals surface area contributed by atoms with Crippen LogP contribution in [0.3, 0.4) is 0 Å². The maximum Gasteiger partial charge on any atom is 0.130 e. The zero-order chi connectivity index (χ0) is 13.8. The van der Waals surface area contributed by atoms with E-state index >= 15 is 0 Å². The number of rotatable bonds is 4. The summed E-state index contributed by atoms with van der Waals surface area (Å²) in [6, 6.07) is 5.69. The molecule has 5 heteroatoms. The molecule has 1 aliphatic rings. The molecular formula is C14H21N3O2. The summed E-state index contributed by atoms with van der Waals surface area (Å²) in [6.45, 7) is 2.51. The number of nitrogens with two attached hydrogens (primary N) is 1. The van der Waals surface area contributed by atoms with Gasteiger partial charge in [-0.1, -0.05) is 6.07 Å². The number of aliphatic hydroxyl groups excluding tert-OH is 1. The lowest BCUT2D eigenvalue weighted by Crippen LogP contribution is -2.37. The van der Waals surface area contributed by atoms with Gasteiger partial charge in [-0.15, -0.1) is 0 Å². The Labute approximate surface area is 113 Å². The Morgan fingerprint density at radius 3 is 3.00 bits per heavy atom. The molecule has 1 heterocycles. The number of nitrogens with one attached hydrogen (secondary N) is 1. The number of hydrogen-bond donors (Lipinski definition) is 3. The van der Waals surface area contributed by atoms with E-state index in [2.05, 4.69) is 4.90 Å². The van der Waals surface area contributed by atoms with E-state index in [4.69, 9.17) is 15.9 Å². The molecule has 0 saturated carbocycles. The second-order valence-electron chi connectivity index (χ2n) is 4.98. The number of hydrogen-bond acceptors (Lipinski definition) is 4. The lowest BCUT2D eigenvalue weighted by atomic mass is 10.1. The minimum Gasteiger partial charge on any atom is -0.496 e. The van der Waals surface area contributed by atoms with Gasteiger partial charge in [-0.25, -0.2) is 0 Å². The Balaban J connectivity index is 2.10. The van der Waals surface area contributed by atoms with Crippen LogP contribution in [0, 0.1) is 5.41 Å². The fraction of sp³-hybridized carbons (Fsp3) is 0.500. The van der Waals surface area contributed by atoms with E-state index in [-0.39, 0.29) is 11.9 Å². The molecule has 1 saturated heterocycles. The highest BCUT2D eigenvalue weighted by Gasteiger charge is 2.18. The summed E-state index contributed by atoms with van der Waals surface area (Å²) in [5, 5.41) is 17.1. The molecule has 1 unspecified atom stereocenters. The molecule has 0 amide bonds. The van der Waals surface area contributed by atoms with Crippen molar-refractivity contribution in [2.45, 2.75) is 25.5 Å². The number of β-amino-alcohol motifs (C(OH)–C–C–N with tert-alkyl or cyclic N) is 1.